The van der Waals surface area contributed by atoms with Crippen molar-refractivity contribution in [2.75, 3.05) is 54.6 Å². The number of hydrogen-bond acceptors (Lipinski definition) is 18. The molecule has 4 aliphatic rings. The first kappa shape index (κ1) is 68.1. The van der Waals surface area contributed by atoms with Gasteiger partial charge in [-0.1, -0.05) is 72.8 Å². The summed E-state index contributed by atoms with van der Waals surface area (Å²) in [5, 5.41) is 23.1. The zero-order valence-electron chi connectivity index (χ0n) is 52.5. The van der Waals surface area contributed by atoms with Crippen molar-refractivity contribution in [1.29, 1.82) is 0 Å². The van der Waals surface area contributed by atoms with Crippen LogP contribution in [0.3, 0.4) is 0 Å². The van der Waals surface area contributed by atoms with E-state index in [2.05, 4.69) is 56.5 Å². The quantitative estimate of drug-likeness (QED) is 0.0551. The highest BCUT2D eigenvalue weighted by molar-refractivity contribution is 5.99. The molecular formula is C68H75ClN14O11. The summed E-state index contributed by atoms with van der Waals surface area (Å²) in [5.41, 5.74) is 5.75. The molecule has 0 radical (unpaired) electrons. The molecule has 490 valence electrons. The number of nitrogens with zero attached hydrogens (tertiary/aromatic N) is 9. The molecule has 4 aliphatic heterocycles. The van der Waals surface area contributed by atoms with E-state index in [1.54, 1.807) is 57.7 Å². The van der Waals surface area contributed by atoms with Crippen molar-refractivity contribution in [3.8, 4) is 22.3 Å². The van der Waals surface area contributed by atoms with Gasteiger partial charge in [0.25, 0.3) is 0 Å². The Bertz CT molecular complexity index is 3960. The number of hydrogen-bond donors (Lipinski definition) is 6. The average molecular weight is 1300 g/mol. The fraction of sp³-hybridized carbons (Fsp3) is 0.338. The third-order valence-electron chi connectivity index (χ3n) is 15.9. The van der Waals surface area contributed by atoms with Crippen LogP contribution in [0.2, 0.25) is 0 Å². The van der Waals surface area contributed by atoms with Crippen LogP contribution >= 0.6 is 12.4 Å². The molecule has 8 heterocycles. The molecule has 94 heavy (non-hydrogen) atoms. The Hall–Kier alpha value is -10.2. The van der Waals surface area contributed by atoms with Gasteiger partial charge in [-0.25, -0.2) is 44.3 Å². The monoisotopic (exact) mass is 1300 g/mol. The zero-order valence-corrected chi connectivity index (χ0v) is 53.3. The smallest absolute Gasteiger partial charge is 0.410 e. The van der Waals surface area contributed by atoms with E-state index in [0.29, 0.717) is 75.3 Å². The van der Waals surface area contributed by atoms with Crippen LogP contribution in [0.1, 0.15) is 83.3 Å². The number of benzene rings is 4. The van der Waals surface area contributed by atoms with Gasteiger partial charge in [0.05, 0.1) is 17.1 Å². The molecule has 4 aromatic carbocycles. The highest BCUT2D eigenvalue weighted by Crippen LogP contribution is 2.29. The predicted octanol–water partition coefficient (Wildman–Crippen LogP) is 9.92. The van der Waals surface area contributed by atoms with Gasteiger partial charge >= 0.3 is 18.3 Å². The number of amides is 7. The van der Waals surface area contributed by atoms with Crippen LogP contribution in [0, 0.1) is 0 Å². The molecule has 0 saturated carbocycles. The van der Waals surface area contributed by atoms with Crippen molar-refractivity contribution in [3.63, 3.8) is 0 Å². The van der Waals surface area contributed by atoms with Crippen LogP contribution < -0.4 is 26.6 Å². The fourth-order valence-corrected chi connectivity index (χ4v) is 11.2. The summed E-state index contributed by atoms with van der Waals surface area (Å²) in [4.78, 5) is 120. The molecule has 0 unspecified atom stereocenters. The highest BCUT2D eigenvalue weighted by atomic mass is 35.5. The Kier molecular flexibility index (Phi) is 23.1. The minimum atomic E-state index is -0.670. The maximum absolute atomic E-state index is 13.1. The van der Waals surface area contributed by atoms with Gasteiger partial charge in [-0.3, -0.25) is 44.5 Å². The molecule has 0 aliphatic carbocycles. The van der Waals surface area contributed by atoms with Gasteiger partial charge in [-0.15, -0.1) is 12.4 Å². The number of anilines is 4. The van der Waals surface area contributed by atoms with E-state index in [1.807, 2.05) is 109 Å². The lowest BCUT2D eigenvalue weighted by Gasteiger charge is -2.27. The molecule has 0 spiro atoms. The second kappa shape index (κ2) is 31.9. The van der Waals surface area contributed by atoms with E-state index >= 15 is 0 Å². The van der Waals surface area contributed by atoms with Gasteiger partial charge in [-0.05, 0) is 149 Å². The Morgan fingerprint density at radius 2 is 0.894 bits per heavy atom. The number of pyridine rings is 2. The number of aromatic nitrogens is 6. The Morgan fingerprint density at radius 1 is 0.489 bits per heavy atom. The number of fused-ring (bicyclic) bond motifs is 2. The number of ether oxygens (including phenoxy) is 3. The maximum atomic E-state index is 13.1. The third kappa shape index (κ3) is 17.7. The first-order valence-corrected chi connectivity index (χ1v) is 30.9. The van der Waals surface area contributed by atoms with Gasteiger partial charge in [0.15, 0.2) is 0 Å². The number of rotatable bonds is 14. The molecule has 4 fully saturated rings. The number of nitrogens with one attached hydrogen (secondary N) is 5. The van der Waals surface area contributed by atoms with E-state index in [4.69, 9.17) is 19.3 Å². The van der Waals surface area contributed by atoms with Crippen molar-refractivity contribution >= 4 is 99.7 Å². The Morgan fingerprint density at radius 3 is 1.30 bits per heavy atom. The molecule has 6 N–H and O–H groups in total. The zero-order chi connectivity index (χ0) is 65.4. The number of carbonyl (C=O) groups excluding carboxylic acids is 7. The minimum absolute atomic E-state index is 0. The molecule has 26 heteroatoms. The summed E-state index contributed by atoms with van der Waals surface area (Å²) in [6.45, 7) is 7.87. The summed E-state index contributed by atoms with van der Waals surface area (Å²) < 4.78 is 16.4. The second-order valence-electron chi connectivity index (χ2n) is 23.5. The van der Waals surface area contributed by atoms with Crippen LogP contribution in [0.4, 0.5) is 37.9 Å². The lowest BCUT2D eigenvalue weighted by atomic mass is 10.1. The molecule has 8 aromatic rings. The van der Waals surface area contributed by atoms with E-state index in [1.165, 1.54) is 14.7 Å². The van der Waals surface area contributed by atoms with E-state index in [9.17, 15) is 33.6 Å². The first-order valence-electron chi connectivity index (χ1n) is 30.9. The van der Waals surface area contributed by atoms with E-state index in [-0.39, 0.29) is 67.2 Å². The summed E-state index contributed by atoms with van der Waals surface area (Å²) in [5.74, 6) is 0.107. The largest absolute Gasteiger partial charge is 0.445 e. The molecule has 25 nitrogen and oxygen atoms in total. The van der Waals surface area contributed by atoms with Crippen LogP contribution in [0.15, 0.2) is 146 Å². The van der Waals surface area contributed by atoms with Crippen molar-refractivity contribution in [2.24, 2.45) is 0 Å². The van der Waals surface area contributed by atoms with E-state index in [0.717, 1.165) is 76.2 Å². The Balaban J connectivity index is 0.000000216. The topological polar surface area (TPSA) is 315 Å². The third-order valence-corrected chi connectivity index (χ3v) is 15.9. The van der Waals surface area contributed by atoms with Crippen molar-refractivity contribution < 1.29 is 52.9 Å². The summed E-state index contributed by atoms with van der Waals surface area (Å²) >= 11 is 0. The van der Waals surface area contributed by atoms with Crippen LogP contribution in [0.5, 0.6) is 0 Å². The second-order valence-corrected chi connectivity index (χ2v) is 23.5. The highest BCUT2D eigenvalue weighted by Gasteiger charge is 2.39. The SMILES string of the molecule is CC(C)(C)OC(=O)N1CCC[C@H]1C(=O)Nc1ccc2cc(-c3cnc(NC(=O)[C@@H]4CCCN4C(=O)OCc4ccccc4)nc3)ccc2n1.CO.Cl.O=C(Nc1ccc2cc(-c3cnc(NC(=O)[C@@H]4CCCN4C(=O)OCc4ccccc4)nc3)ccc2n1)[C@@H]1CCCN1. The predicted molar refractivity (Wildman–Crippen MR) is 355 cm³/mol. The number of halogens is 1. The van der Waals surface area contributed by atoms with Gasteiger partial charge in [0, 0.05) is 73.4 Å². The fourth-order valence-electron chi connectivity index (χ4n) is 11.2. The minimum Gasteiger partial charge on any atom is -0.445 e. The number of aliphatic hydroxyl groups excluding tert-OH is 1. The van der Waals surface area contributed by atoms with Gasteiger partial charge in [-0.2, -0.15) is 0 Å². The summed E-state index contributed by atoms with van der Waals surface area (Å²) in [6.07, 6.45) is 10.5. The average Bonchev–Trinajstić information content (AvgIpc) is 1.09. The molecule has 0 bridgehead atoms. The van der Waals surface area contributed by atoms with Crippen molar-refractivity contribution in [1.82, 2.24) is 49.9 Å². The molecule has 4 atom stereocenters. The molecule has 4 saturated heterocycles. The molecule has 4 aromatic heterocycles. The number of likely N-dealkylation sites (tertiary alicyclic amines) is 3. The van der Waals surface area contributed by atoms with Crippen LogP contribution in [0.25, 0.3) is 44.1 Å². The van der Waals surface area contributed by atoms with Gasteiger partial charge in [0.2, 0.25) is 35.5 Å². The Labute approximate surface area is 549 Å². The van der Waals surface area contributed by atoms with Gasteiger partial charge in [0.1, 0.15) is 48.6 Å². The molecule has 12 rings (SSSR count). The van der Waals surface area contributed by atoms with Crippen molar-refractivity contribution in [2.45, 2.75) is 115 Å². The lowest BCUT2D eigenvalue weighted by molar-refractivity contribution is -0.121. The molecular weight excluding hydrogens is 1220 g/mol. The van der Waals surface area contributed by atoms with E-state index < -0.39 is 42.0 Å². The number of carbonyl (C=O) groups is 7. The molecule has 7 amide bonds. The standard InChI is InChI=1S/C36H39N7O6.C31H31N7O4.CH4O.ClH/c1-36(2,3)49-35(47)43-18-8-11-28(43)31(44)40-30-16-14-25-19-24(13-15-27(25)39-30)26-20-37-33(38-21-26)41-32(45)29-12-7-17-42(29)34(46)48-22-23-9-5-4-6-10-23;39-28(25-8-4-14-32-25)36-27-13-11-22-16-21(10-12-24(22)35-27)23-17-33-30(34-18-23)37-29(40)26-9-5-15-38(26)31(41)42-19-20-6-2-1-3-7-20;1-2;/h4-6,9-10,13-16,19-21,28-29H,7-8,11-12,17-18,22H2,1-3H3,(H,39,40,44)(H,37,38,41,45);1-3,6-7,10-13,16-18,25-26,32H,4-5,8-9,14-15,19H2,(H,35,36,39)(H,33,34,37,40);2H,1H3;1H/t28-,29-;25-,26-;;/m00../s1. The lowest BCUT2D eigenvalue weighted by Crippen LogP contribution is -2.45. The van der Waals surface area contributed by atoms with Crippen molar-refractivity contribution in [3.05, 3.63) is 157 Å². The number of aliphatic hydroxyl groups is 1. The summed E-state index contributed by atoms with van der Waals surface area (Å²) in [6, 6.07) is 35.4. The van der Waals surface area contributed by atoms with Gasteiger partial charge < -0.3 is 35.3 Å². The summed E-state index contributed by atoms with van der Waals surface area (Å²) in [7, 11) is 1.00. The van der Waals surface area contributed by atoms with Crippen LogP contribution in [-0.2, 0) is 46.6 Å². The van der Waals surface area contributed by atoms with Crippen LogP contribution in [-0.4, -0.2) is 155 Å². The first-order chi connectivity index (χ1) is 45.1. The maximum Gasteiger partial charge on any atom is 0.410 e. The normalized spacial score (nSPS) is 17.3.